The van der Waals surface area contributed by atoms with Crippen LogP contribution in [-0.4, -0.2) is 20.1 Å². The van der Waals surface area contributed by atoms with Crippen LogP contribution in [0.15, 0.2) is 155 Å². The lowest BCUT2D eigenvalue weighted by Gasteiger charge is -2.37. The molecule has 3 heterocycles. The number of nitrogens with zero attached hydrogens (tertiary/aromatic N) is 1. The summed E-state index contributed by atoms with van der Waals surface area (Å²) in [6.45, 7) is 2.53. The van der Waals surface area contributed by atoms with E-state index in [0.717, 1.165) is 12.8 Å². The molecule has 5 aliphatic rings. The van der Waals surface area contributed by atoms with Crippen molar-refractivity contribution >= 4 is 80.7 Å². The minimum Gasteiger partial charge on any atom is -0.335 e. The van der Waals surface area contributed by atoms with Crippen molar-refractivity contribution in [2.75, 3.05) is 4.90 Å². The number of thioether (sulfide) groups is 1. The minimum absolute atomic E-state index is 0.250. The van der Waals surface area contributed by atoms with Gasteiger partial charge >= 0.3 is 0 Å². The van der Waals surface area contributed by atoms with E-state index in [2.05, 4.69) is 163 Å². The van der Waals surface area contributed by atoms with Gasteiger partial charge in [0, 0.05) is 53.5 Å². The number of allylic oxidation sites excluding steroid dienone is 4. The molecule has 3 aliphatic carbocycles. The van der Waals surface area contributed by atoms with E-state index in [9.17, 15) is 0 Å². The summed E-state index contributed by atoms with van der Waals surface area (Å²) in [6, 6.07) is 41.4. The fourth-order valence-electron chi connectivity index (χ4n) is 9.22. The lowest BCUT2D eigenvalue weighted by Crippen LogP contribution is -2.37. The van der Waals surface area contributed by atoms with Crippen molar-refractivity contribution in [1.82, 2.24) is 0 Å². The van der Waals surface area contributed by atoms with Crippen LogP contribution in [0.5, 0.6) is 0 Å². The first kappa shape index (κ1) is 30.1. The maximum atomic E-state index is 2.65. The molecule has 2 aliphatic heterocycles. The Morgan fingerprint density at radius 3 is 2.49 bits per heavy atom. The lowest BCUT2D eigenvalue weighted by atomic mass is 9.89. The largest absolute Gasteiger partial charge is 0.335 e. The molecule has 1 nitrogen and oxygen atoms in total. The third kappa shape index (κ3) is 4.73. The van der Waals surface area contributed by atoms with Gasteiger partial charge in [-0.1, -0.05) is 133 Å². The summed E-state index contributed by atoms with van der Waals surface area (Å²) >= 11 is 3.99. The van der Waals surface area contributed by atoms with Gasteiger partial charge in [0.05, 0.1) is 6.04 Å². The summed E-state index contributed by atoms with van der Waals surface area (Å²) < 4.78 is 2.86. The van der Waals surface area contributed by atoms with Crippen LogP contribution in [0.2, 0.25) is 6.55 Å². The zero-order valence-corrected chi connectivity index (χ0v) is 31.1. The molecule has 6 aromatic rings. The SMILES string of the molecule is C[Si]1C2=C(C=CC(N(C3=CC4c5ccccc5SC4C=C3)c3ccc(C4C=c5ccccc5=CC4)cc3)C2)c2c1ccc1c2sc2ccccc21. The Balaban J connectivity index is 0.987. The van der Waals surface area contributed by atoms with Gasteiger partial charge in [-0.05, 0) is 81.1 Å². The predicted octanol–water partition coefficient (Wildman–Crippen LogP) is 9.99. The van der Waals surface area contributed by atoms with Crippen LogP contribution in [0, 0.1) is 0 Å². The van der Waals surface area contributed by atoms with Crippen molar-refractivity contribution in [3.05, 3.63) is 178 Å². The normalized spacial score (nSPS) is 22.9. The Morgan fingerprint density at radius 1 is 0.745 bits per heavy atom. The van der Waals surface area contributed by atoms with Crippen molar-refractivity contribution in [3.8, 4) is 0 Å². The van der Waals surface area contributed by atoms with Gasteiger partial charge in [0.15, 0.2) is 0 Å². The Morgan fingerprint density at radius 2 is 1.57 bits per heavy atom. The van der Waals surface area contributed by atoms with Gasteiger partial charge in [-0.3, -0.25) is 0 Å². The van der Waals surface area contributed by atoms with Crippen LogP contribution in [0.25, 0.3) is 37.9 Å². The molecule has 0 N–H and O–H groups in total. The first-order valence-corrected chi connectivity index (χ1v) is 21.9. The summed E-state index contributed by atoms with van der Waals surface area (Å²) in [7, 11) is -0.855. The molecule has 0 fully saturated rings. The minimum atomic E-state index is -0.855. The highest BCUT2D eigenvalue weighted by atomic mass is 32.2. The van der Waals surface area contributed by atoms with E-state index < -0.39 is 8.80 Å². The molecule has 245 valence electrons. The molecule has 1 radical (unpaired) electrons. The molecule has 0 spiro atoms. The van der Waals surface area contributed by atoms with Gasteiger partial charge in [-0.15, -0.1) is 23.1 Å². The number of thiophene rings is 1. The van der Waals surface area contributed by atoms with E-state index in [1.165, 1.54) is 69.2 Å². The van der Waals surface area contributed by atoms with E-state index in [0.29, 0.717) is 17.1 Å². The smallest absolute Gasteiger partial charge is 0.114 e. The van der Waals surface area contributed by atoms with Crippen molar-refractivity contribution < 1.29 is 0 Å². The molecule has 5 aromatic carbocycles. The van der Waals surface area contributed by atoms with Crippen LogP contribution >= 0.6 is 23.1 Å². The zero-order valence-electron chi connectivity index (χ0n) is 28.4. The third-order valence-electron chi connectivity index (χ3n) is 11.8. The number of hydrogen-bond acceptors (Lipinski definition) is 3. The number of fused-ring (bicyclic) bond motifs is 10. The van der Waals surface area contributed by atoms with Gasteiger partial charge in [-0.2, -0.15) is 0 Å². The fraction of sp³-hybridized carbons (Fsp3) is 0.149. The first-order valence-electron chi connectivity index (χ1n) is 18.2. The van der Waals surface area contributed by atoms with Gasteiger partial charge in [0.2, 0.25) is 0 Å². The standard InChI is InChI=1S/C47H36NS2Si/c1-51-44-25-23-38-36-10-4-7-13-42(36)50-47(38)46(44)39-22-20-35(28-45(39)51)48(34-21-24-43-40(27-34)37-11-5-6-12-41(37)49-43)33-18-16-30(17-19-33)32-15-14-29-8-2-3-9-31(29)26-32/h2-14,16-27,32,35,40,43H,15,28H2,1H3. The maximum Gasteiger partial charge on any atom is 0.114 e. The second-order valence-corrected chi connectivity index (χ2v) is 19.2. The second-order valence-electron chi connectivity index (χ2n) is 14.5. The fourth-order valence-corrected chi connectivity index (χ4v) is 14.3. The quantitative estimate of drug-likeness (QED) is 0.168. The average molecular weight is 707 g/mol. The molecule has 51 heavy (non-hydrogen) atoms. The summed E-state index contributed by atoms with van der Waals surface area (Å²) in [5.41, 5.74) is 8.48. The first-order chi connectivity index (χ1) is 25.2. The van der Waals surface area contributed by atoms with Crippen molar-refractivity contribution in [1.29, 1.82) is 0 Å². The highest BCUT2D eigenvalue weighted by Crippen LogP contribution is 2.50. The average Bonchev–Trinajstić information content (AvgIpc) is 3.84. The van der Waals surface area contributed by atoms with Crippen LogP contribution in [-0.2, 0) is 0 Å². The molecule has 11 rings (SSSR count). The number of benzene rings is 5. The predicted molar refractivity (Wildman–Crippen MR) is 222 cm³/mol. The molecule has 0 amide bonds. The summed E-state index contributed by atoms with van der Waals surface area (Å²) in [5.74, 6) is 0.796. The molecular formula is C47H36NS2Si. The second kappa shape index (κ2) is 11.7. The molecule has 0 saturated carbocycles. The van der Waals surface area contributed by atoms with E-state index in [1.807, 2.05) is 23.1 Å². The van der Waals surface area contributed by atoms with Gasteiger partial charge in [-0.25, -0.2) is 0 Å². The van der Waals surface area contributed by atoms with Crippen molar-refractivity contribution in [2.24, 2.45) is 0 Å². The molecule has 0 bridgehead atoms. The summed E-state index contributed by atoms with van der Waals surface area (Å²) in [5, 5.41) is 9.24. The van der Waals surface area contributed by atoms with Crippen LogP contribution in [0.3, 0.4) is 0 Å². The van der Waals surface area contributed by atoms with E-state index >= 15 is 0 Å². The highest BCUT2D eigenvalue weighted by Gasteiger charge is 2.38. The van der Waals surface area contributed by atoms with Crippen molar-refractivity contribution in [2.45, 2.75) is 47.4 Å². The number of rotatable bonds is 4. The molecule has 1 aromatic heterocycles. The molecule has 0 saturated heterocycles. The monoisotopic (exact) mass is 706 g/mol. The molecule has 4 atom stereocenters. The van der Waals surface area contributed by atoms with Crippen LogP contribution in [0.1, 0.15) is 41.4 Å². The molecule has 4 heteroatoms. The Labute approximate surface area is 309 Å². The number of hydrogen-bond donors (Lipinski definition) is 0. The summed E-state index contributed by atoms with van der Waals surface area (Å²) in [4.78, 5) is 4.08. The van der Waals surface area contributed by atoms with Gasteiger partial charge < -0.3 is 4.90 Å². The highest BCUT2D eigenvalue weighted by molar-refractivity contribution is 8.00. The van der Waals surface area contributed by atoms with Crippen LogP contribution < -0.4 is 20.5 Å². The van der Waals surface area contributed by atoms with Gasteiger partial charge in [0.25, 0.3) is 0 Å². The van der Waals surface area contributed by atoms with E-state index in [-0.39, 0.29) is 6.04 Å². The Kier molecular flexibility index (Phi) is 6.90. The zero-order chi connectivity index (χ0) is 33.6. The number of anilines is 1. The van der Waals surface area contributed by atoms with E-state index in [1.54, 1.807) is 10.4 Å². The topological polar surface area (TPSA) is 3.24 Å². The van der Waals surface area contributed by atoms with Gasteiger partial charge in [0.1, 0.15) is 8.80 Å². The maximum absolute atomic E-state index is 2.65. The Hall–Kier alpha value is -4.61. The van der Waals surface area contributed by atoms with E-state index in [4.69, 9.17) is 0 Å². The third-order valence-corrected chi connectivity index (χ3v) is 16.9. The molecular weight excluding hydrogens is 671 g/mol. The lowest BCUT2D eigenvalue weighted by molar-refractivity contribution is 0.741. The van der Waals surface area contributed by atoms with Crippen LogP contribution in [0.4, 0.5) is 5.69 Å². The molecule has 4 unspecified atom stereocenters. The van der Waals surface area contributed by atoms with Crippen molar-refractivity contribution in [3.63, 3.8) is 0 Å². The summed E-state index contributed by atoms with van der Waals surface area (Å²) in [6.07, 6.45) is 19.4. The Bertz CT molecular complexity index is 2680.